The van der Waals surface area contributed by atoms with Gasteiger partial charge in [0.2, 0.25) is 5.91 Å². The number of carbonyl (C=O) groups excluding carboxylic acids is 1. The minimum absolute atomic E-state index is 0. The molecule has 32 heavy (non-hydrogen) atoms. The van der Waals surface area contributed by atoms with Crippen molar-refractivity contribution < 1.29 is 4.79 Å². The summed E-state index contributed by atoms with van der Waals surface area (Å²) in [5.41, 5.74) is 5.30. The van der Waals surface area contributed by atoms with Crippen molar-refractivity contribution in [2.75, 3.05) is 11.4 Å². The largest absolute Gasteiger partial charge is 0.337 e. The molecular weight excluding hydrogens is 463 g/mol. The van der Waals surface area contributed by atoms with Crippen molar-refractivity contribution in [2.45, 2.75) is 40.2 Å². The number of thiazole rings is 1. The molecule has 0 saturated heterocycles. The van der Waals surface area contributed by atoms with Crippen LogP contribution in [0.1, 0.15) is 28.7 Å². The van der Waals surface area contributed by atoms with Gasteiger partial charge in [-0.2, -0.15) is 0 Å². The summed E-state index contributed by atoms with van der Waals surface area (Å²) in [6, 6.07) is 10.1. The molecule has 2 aromatic carbocycles. The molecule has 0 N–H and O–H groups in total. The van der Waals surface area contributed by atoms with E-state index in [0.29, 0.717) is 23.1 Å². The molecule has 1 amide bonds. The maximum Gasteiger partial charge on any atom is 0.233 e. The lowest BCUT2D eigenvalue weighted by atomic mass is 10.0. The van der Waals surface area contributed by atoms with Gasteiger partial charge >= 0.3 is 0 Å². The number of amides is 1. The first-order chi connectivity index (χ1) is 14.9. The Morgan fingerprint density at radius 2 is 1.97 bits per heavy atom. The van der Waals surface area contributed by atoms with E-state index in [-0.39, 0.29) is 18.3 Å². The summed E-state index contributed by atoms with van der Waals surface area (Å²) in [4.78, 5) is 24.1. The Kier molecular flexibility index (Phi) is 7.93. The van der Waals surface area contributed by atoms with Crippen LogP contribution >= 0.6 is 35.3 Å². The number of aromatic nitrogens is 3. The van der Waals surface area contributed by atoms with Crippen molar-refractivity contribution in [3.05, 3.63) is 76.3 Å². The van der Waals surface area contributed by atoms with Gasteiger partial charge in [0.25, 0.3) is 0 Å². The van der Waals surface area contributed by atoms with E-state index >= 15 is 0 Å². The number of carbonyl (C=O) groups is 1. The Bertz CT molecular complexity index is 1180. The maximum absolute atomic E-state index is 13.4. The normalized spacial score (nSPS) is 10.9. The third kappa shape index (κ3) is 5.31. The van der Waals surface area contributed by atoms with Gasteiger partial charge in [0.15, 0.2) is 5.13 Å². The Morgan fingerprint density at radius 1 is 1.16 bits per heavy atom. The van der Waals surface area contributed by atoms with Gasteiger partial charge in [0.05, 0.1) is 28.0 Å². The van der Waals surface area contributed by atoms with Crippen molar-refractivity contribution in [3.63, 3.8) is 0 Å². The number of aryl methyl sites for hydroxylation is 4. The molecule has 4 aromatic rings. The number of halogens is 2. The zero-order chi connectivity index (χ0) is 22.0. The van der Waals surface area contributed by atoms with E-state index in [0.717, 1.165) is 39.9 Å². The fourth-order valence-corrected chi connectivity index (χ4v) is 5.03. The monoisotopic (exact) mass is 488 g/mol. The molecule has 8 heteroatoms. The van der Waals surface area contributed by atoms with E-state index < -0.39 is 0 Å². The summed E-state index contributed by atoms with van der Waals surface area (Å²) in [6.45, 7) is 7.51. The molecule has 5 nitrogen and oxygen atoms in total. The van der Waals surface area contributed by atoms with Crippen molar-refractivity contribution >= 4 is 56.6 Å². The van der Waals surface area contributed by atoms with Gasteiger partial charge in [0, 0.05) is 25.5 Å². The molecular formula is C24H26Cl2N4OS. The molecule has 0 atom stereocenters. The van der Waals surface area contributed by atoms with Crippen LogP contribution < -0.4 is 4.90 Å². The number of hydrogen-bond donors (Lipinski definition) is 0. The lowest BCUT2D eigenvalue weighted by molar-refractivity contribution is -0.118. The minimum atomic E-state index is 0. The molecule has 0 aliphatic heterocycles. The van der Waals surface area contributed by atoms with Crippen molar-refractivity contribution in [1.82, 2.24) is 14.5 Å². The number of rotatable bonds is 7. The molecule has 0 fully saturated rings. The molecule has 2 heterocycles. The summed E-state index contributed by atoms with van der Waals surface area (Å²) < 4.78 is 2.95. The highest BCUT2D eigenvalue weighted by molar-refractivity contribution is 7.23. The third-order valence-electron chi connectivity index (χ3n) is 5.41. The quantitative estimate of drug-likeness (QED) is 0.313. The van der Waals surface area contributed by atoms with Crippen LogP contribution in [0.5, 0.6) is 0 Å². The van der Waals surface area contributed by atoms with Crippen LogP contribution in [0.2, 0.25) is 5.02 Å². The second-order valence-corrected chi connectivity index (χ2v) is 9.23. The van der Waals surface area contributed by atoms with Crippen molar-refractivity contribution in [3.8, 4) is 0 Å². The Hall–Kier alpha value is -2.41. The van der Waals surface area contributed by atoms with Gasteiger partial charge in [-0.1, -0.05) is 52.8 Å². The van der Waals surface area contributed by atoms with Gasteiger partial charge in [-0.3, -0.25) is 9.69 Å². The molecule has 4 rings (SSSR count). The summed E-state index contributed by atoms with van der Waals surface area (Å²) in [5, 5.41) is 1.37. The van der Waals surface area contributed by atoms with Gasteiger partial charge < -0.3 is 4.57 Å². The highest BCUT2D eigenvalue weighted by Crippen LogP contribution is 2.36. The number of hydrogen-bond acceptors (Lipinski definition) is 4. The highest BCUT2D eigenvalue weighted by atomic mass is 35.5. The van der Waals surface area contributed by atoms with E-state index in [4.69, 9.17) is 16.6 Å². The number of nitrogens with zero attached hydrogens (tertiary/aromatic N) is 4. The standard InChI is InChI=1S/C24H25ClN4OS.ClH/c1-16-5-7-19(18(3)13-16)14-21(30)29(11-4-10-28-12-9-26-15-28)24-27-22-17(2)6-8-20(25)23(22)31-24;/h5-9,12-13,15H,4,10-11,14H2,1-3H3;1H. The SMILES string of the molecule is Cc1ccc(CC(=O)N(CCCn2ccnc2)c2nc3c(C)ccc(Cl)c3s2)c(C)c1.Cl. The number of benzene rings is 2. The zero-order valence-corrected chi connectivity index (χ0v) is 20.7. The van der Waals surface area contributed by atoms with E-state index in [1.54, 1.807) is 12.5 Å². The van der Waals surface area contributed by atoms with Crippen LogP contribution in [-0.2, 0) is 17.8 Å². The predicted molar refractivity (Wildman–Crippen MR) is 135 cm³/mol. The molecule has 0 radical (unpaired) electrons. The van der Waals surface area contributed by atoms with Gasteiger partial charge in [-0.25, -0.2) is 9.97 Å². The van der Waals surface area contributed by atoms with Crippen molar-refractivity contribution in [2.24, 2.45) is 0 Å². The van der Waals surface area contributed by atoms with Gasteiger partial charge in [0.1, 0.15) is 0 Å². The number of anilines is 1. The molecule has 2 aromatic heterocycles. The van der Waals surface area contributed by atoms with Crippen LogP contribution in [0.4, 0.5) is 5.13 Å². The Balaban J connectivity index is 0.00000289. The summed E-state index contributed by atoms with van der Waals surface area (Å²) in [6.07, 6.45) is 6.64. The third-order valence-corrected chi connectivity index (χ3v) is 6.95. The topological polar surface area (TPSA) is 51.0 Å². The van der Waals surface area contributed by atoms with Crippen LogP contribution in [0.3, 0.4) is 0 Å². The van der Waals surface area contributed by atoms with Crippen LogP contribution in [0.25, 0.3) is 10.2 Å². The smallest absolute Gasteiger partial charge is 0.233 e. The molecule has 0 aliphatic rings. The molecule has 0 spiro atoms. The molecule has 0 aliphatic carbocycles. The van der Waals surface area contributed by atoms with E-state index in [1.165, 1.54) is 16.9 Å². The fourth-order valence-electron chi connectivity index (χ4n) is 3.67. The first kappa shape index (κ1) is 24.2. The average Bonchev–Trinajstić information content (AvgIpc) is 3.41. The molecule has 0 bridgehead atoms. The maximum atomic E-state index is 13.4. The van der Waals surface area contributed by atoms with E-state index in [1.807, 2.05) is 40.8 Å². The average molecular weight is 489 g/mol. The number of imidazole rings is 1. The summed E-state index contributed by atoms with van der Waals surface area (Å²) in [5.74, 6) is 0.0467. The predicted octanol–water partition coefficient (Wildman–Crippen LogP) is 6.16. The lowest BCUT2D eigenvalue weighted by Crippen LogP contribution is -2.33. The first-order valence-corrected chi connectivity index (χ1v) is 11.5. The summed E-state index contributed by atoms with van der Waals surface area (Å²) >= 11 is 7.90. The molecule has 0 unspecified atom stereocenters. The summed E-state index contributed by atoms with van der Waals surface area (Å²) in [7, 11) is 0. The lowest BCUT2D eigenvalue weighted by Gasteiger charge is -2.20. The second kappa shape index (κ2) is 10.5. The second-order valence-electron chi connectivity index (χ2n) is 7.84. The van der Waals surface area contributed by atoms with Crippen molar-refractivity contribution in [1.29, 1.82) is 0 Å². The first-order valence-electron chi connectivity index (χ1n) is 10.3. The van der Waals surface area contributed by atoms with E-state index in [9.17, 15) is 4.79 Å². The van der Waals surface area contributed by atoms with E-state index in [2.05, 4.69) is 31.0 Å². The van der Waals surface area contributed by atoms with Gasteiger partial charge in [-0.05, 0) is 49.9 Å². The van der Waals surface area contributed by atoms with Crippen LogP contribution in [-0.4, -0.2) is 27.0 Å². The minimum Gasteiger partial charge on any atom is -0.337 e. The van der Waals surface area contributed by atoms with Crippen LogP contribution in [0, 0.1) is 20.8 Å². The zero-order valence-electron chi connectivity index (χ0n) is 18.3. The molecule has 168 valence electrons. The number of fused-ring (bicyclic) bond motifs is 1. The Morgan fingerprint density at radius 3 is 2.66 bits per heavy atom. The highest BCUT2D eigenvalue weighted by Gasteiger charge is 2.22. The Labute approximate surface area is 203 Å². The molecule has 0 saturated carbocycles. The fraction of sp³-hybridized carbons (Fsp3) is 0.292. The van der Waals surface area contributed by atoms with Crippen LogP contribution in [0.15, 0.2) is 49.1 Å². The van der Waals surface area contributed by atoms with Gasteiger partial charge in [-0.15, -0.1) is 12.4 Å².